The van der Waals surface area contributed by atoms with Gasteiger partial charge in [-0.05, 0) is 36.3 Å². The average molecular weight is 202 g/mol. The lowest BCUT2D eigenvalue weighted by molar-refractivity contribution is 0.181. The highest BCUT2D eigenvalue weighted by molar-refractivity contribution is 5.31. The second-order valence-electron chi connectivity index (χ2n) is 4.83. The lowest BCUT2D eigenvalue weighted by Gasteiger charge is -2.34. The first kappa shape index (κ1) is 9.37. The van der Waals surface area contributed by atoms with E-state index in [0.29, 0.717) is 0 Å². The summed E-state index contributed by atoms with van der Waals surface area (Å²) in [6.45, 7) is 2.34. The van der Waals surface area contributed by atoms with Gasteiger partial charge < -0.3 is 5.73 Å². The van der Waals surface area contributed by atoms with Gasteiger partial charge in [0.15, 0.2) is 0 Å². The van der Waals surface area contributed by atoms with E-state index in [2.05, 4.69) is 29.2 Å². The minimum atomic E-state index is 0.135. The monoisotopic (exact) mass is 202 g/mol. The Morgan fingerprint density at radius 3 is 2.87 bits per heavy atom. The van der Waals surface area contributed by atoms with Crippen LogP contribution in [0.1, 0.15) is 30.1 Å². The molecule has 2 aliphatic rings. The highest BCUT2D eigenvalue weighted by Gasteiger charge is 2.30. The Hall–Kier alpha value is -0.860. The maximum atomic E-state index is 6.29. The van der Waals surface area contributed by atoms with Crippen LogP contribution in [0.25, 0.3) is 0 Å². The molecule has 1 aromatic carbocycles. The second-order valence-corrected chi connectivity index (χ2v) is 4.83. The Balaban J connectivity index is 1.81. The van der Waals surface area contributed by atoms with E-state index in [1.165, 1.54) is 30.5 Å². The van der Waals surface area contributed by atoms with Crippen LogP contribution >= 0.6 is 0 Å². The van der Waals surface area contributed by atoms with Gasteiger partial charge >= 0.3 is 0 Å². The van der Waals surface area contributed by atoms with Gasteiger partial charge in [0.25, 0.3) is 0 Å². The van der Waals surface area contributed by atoms with Crippen LogP contribution in [0.3, 0.4) is 0 Å². The zero-order valence-corrected chi connectivity index (χ0v) is 9.02. The molecular weight excluding hydrogens is 184 g/mol. The van der Waals surface area contributed by atoms with Gasteiger partial charge in [-0.1, -0.05) is 24.3 Å². The van der Waals surface area contributed by atoms with Gasteiger partial charge in [-0.15, -0.1) is 0 Å². The van der Waals surface area contributed by atoms with Crippen LogP contribution in [0.15, 0.2) is 24.3 Å². The zero-order valence-electron chi connectivity index (χ0n) is 9.02. The Morgan fingerprint density at radius 2 is 2.07 bits per heavy atom. The molecule has 1 saturated carbocycles. The summed E-state index contributed by atoms with van der Waals surface area (Å²) >= 11 is 0. The molecule has 1 unspecified atom stereocenters. The van der Waals surface area contributed by atoms with E-state index < -0.39 is 0 Å². The molecule has 0 aromatic heterocycles. The molecule has 0 radical (unpaired) electrons. The minimum absolute atomic E-state index is 0.135. The number of hydrogen-bond acceptors (Lipinski definition) is 2. The highest BCUT2D eigenvalue weighted by atomic mass is 15.2. The molecule has 2 heteroatoms. The third-order valence-corrected chi connectivity index (χ3v) is 3.63. The number of benzene rings is 1. The van der Waals surface area contributed by atoms with Crippen LogP contribution in [0.4, 0.5) is 0 Å². The summed E-state index contributed by atoms with van der Waals surface area (Å²) in [5, 5.41) is 0. The van der Waals surface area contributed by atoms with Gasteiger partial charge in [0, 0.05) is 13.1 Å². The zero-order chi connectivity index (χ0) is 10.3. The molecular formula is C13H18N2. The summed E-state index contributed by atoms with van der Waals surface area (Å²) in [6.07, 6.45) is 4.11. The molecule has 80 valence electrons. The molecule has 3 rings (SSSR count). The van der Waals surface area contributed by atoms with Crippen molar-refractivity contribution in [1.29, 1.82) is 0 Å². The molecule has 0 bridgehead atoms. The van der Waals surface area contributed by atoms with Crippen molar-refractivity contribution in [3.63, 3.8) is 0 Å². The molecule has 0 amide bonds. The van der Waals surface area contributed by atoms with Gasteiger partial charge in [0.1, 0.15) is 0 Å². The predicted molar refractivity (Wildman–Crippen MR) is 61.4 cm³/mol. The van der Waals surface area contributed by atoms with Crippen LogP contribution in [-0.4, -0.2) is 18.0 Å². The summed E-state index contributed by atoms with van der Waals surface area (Å²) in [4.78, 5) is 2.44. The van der Waals surface area contributed by atoms with Gasteiger partial charge in [0.05, 0.1) is 6.17 Å². The lowest BCUT2D eigenvalue weighted by atomic mass is 9.97. The quantitative estimate of drug-likeness (QED) is 0.793. The van der Waals surface area contributed by atoms with Crippen molar-refractivity contribution < 1.29 is 0 Å². The van der Waals surface area contributed by atoms with E-state index in [9.17, 15) is 0 Å². The van der Waals surface area contributed by atoms with Crippen LogP contribution in [0, 0.1) is 5.92 Å². The van der Waals surface area contributed by atoms with Crippen LogP contribution in [-0.2, 0) is 6.42 Å². The SMILES string of the molecule is NC1c2ccccc2CCN1CC1CC1. The number of fused-ring (bicyclic) bond motifs is 1. The third-order valence-electron chi connectivity index (χ3n) is 3.63. The number of nitrogens with two attached hydrogens (primary N) is 1. The molecule has 1 heterocycles. The molecule has 0 spiro atoms. The van der Waals surface area contributed by atoms with E-state index in [-0.39, 0.29) is 6.17 Å². The fourth-order valence-electron chi connectivity index (χ4n) is 2.49. The standard InChI is InChI=1S/C13H18N2/c14-13-12-4-2-1-3-11(12)7-8-15(13)9-10-5-6-10/h1-4,10,13H,5-9,14H2. The average Bonchev–Trinajstić information content (AvgIpc) is 3.07. The Bertz CT molecular complexity index is 357. The van der Waals surface area contributed by atoms with Crippen molar-refractivity contribution >= 4 is 0 Å². The highest BCUT2D eigenvalue weighted by Crippen LogP contribution is 2.33. The van der Waals surface area contributed by atoms with Crippen molar-refractivity contribution in [2.45, 2.75) is 25.4 Å². The number of rotatable bonds is 2. The van der Waals surface area contributed by atoms with E-state index in [4.69, 9.17) is 5.73 Å². The summed E-state index contributed by atoms with van der Waals surface area (Å²) < 4.78 is 0. The van der Waals surface area contributed by atoms with Crippen LogP contribution in [0.5, 0.6) is 0 Å². The molecule has 1 atom stereocenters. The molecule has 15 heavy (non-hydrogen) atoms. The first-order valence-electron chi connectivity index (χ1n) is 5.92. The predicted octanol–water partition coefficient (Wildman–Crippen LogP) is 1.91. The third kappa shape index (κ3) is 1.80. The largest absolute Gasteiger partial charge is 0.312 e. The Labute approximate surface area is 91.1 Å². The normalized spacial score (nSPS) is 26.3. The van der Waals surface area contributed by atoms with Crippen molar-refractivity contribution in [3.05, 3.63) is 35.4 Å². The fourth-order valence-corrected chi connectivity index (χ4v) is 2.49. The Morgan fingerprint density at radius 1 is 1.27 bits per heavy atom. The summed E-state index contributed by atoms with van der Waals surface area (Å²) in [5.41, 5.74) is 9.07. The van der Waals surface area contributed by atoms with E-state index in [0.717, 1.165) is 18.9 Å². The molecule has 1 fully saturated rings. The maximum Gasteiger partial charge on any atom is 0.0838 e. The topological polar surface area (TPSA) is 29.3 Å². The Kier molecular flexibility index (Phi) is 2.26. The first-order valence-corrected chi connectivity index (χ1v) is 5.92. The van der Waals surface area contributed by atoms with E-state index in [1.54, 1.807) is 0 Å². The van der Waals surface area contributed by atoms with Gasteiger partial charge in [0.2, 0.25) is 0 Å². The van der Waals surface area contributed by atoms with Crippen molar-refractivity contribution in [2.75, 3.05) is 13.1 Å². The van der Waals surface area contributed by atoms with Crippen LogP contribution in [0.2, 0.25) is 0 Å². The van der Waals surface area contributed by atoms with Crippen molar-refractivity contribution in [1.82, 2.24) is 4.90 Å². The van der Waals surface area contributed by atoms with Gasteiger partial charge in [-0.2, -0.15) is 0 Å². The second kappa shape index (κ2) is 3.62. The summed E-state index contributed by atoms with van der Waals surface area (Å²) in [7, 11) is 0. The lowest BCUT2D eigenvalue weighted by Crippen LogP contribution is -2.41. The molecule has 1 aliphatic carbocycles. The van der Waals surface area contributed by atoms with E-state index in [1.807, 2.05) is 0 Å². The molecule has 1 aromatic rings. The van der Waals surface area contributed by atoms with Gasteiger partial charge in [-0.25, -0.2) is 0 Å². The van der Waals surface area contributed by atoms with Crippen molar-refractivity contribution in [2.24, 2.45) is 11.7 Å². The molecule has 1 aliphatic heterocycles. The molecule has 2 N–H and O–H groups in total. The van der Waals surface area contributed by atoms with Gasteiger partial charge in [-0.3, -0.25) is 4.90 Å². The smallest absolute Gasteiger partial charge is 0.0838 e. The summed E-state index contributed by atoms with van der Waals surface area (Å²) in [6, 6.07) is 8.60. The van der Waals surface area contributed by atoms with Crippen molar-refractivity contribution in [3.8, 4) is 0 Å². The van der Waals surface area contributed by atoms with Crippen LogP contribution < -0.4 is 5.73 Å². The maximum absolute atomic E-state index is 6.29. The molecule has 0 saturated heterocycles. The number of hydrogen-bond donors (Lipinski definition) is 1. The first-order chi connectivity index (χ1) is 7.34. The molecule has 2 nitrogen and oxygen atoms in total. The fraction of sp³-hybridized carbons (Fsp3) is 0.538. The van der Waals surface area contributed by atoms with E-state index >= 15 is 0 Å². The minimum Gasteiger partial charge on any atom is -0.312 e. The number of nitrogens with zero attached hydrogens (tertiary/aromatic N) is 1. The summed E-state index contributed by atoms with van der Waals surface area (Å²) in [5.74, 6) is 0.932.